The van der Waals surface area contributed by atoms with E-state index in [0.717, 1.165) is 24.2 Å². The van der Waals surface area contributed by atoms with Crippen molar-refractivity contribution in [1.82, 2.24) is 19.9 Å². The summed E-state index contributed by atoms with van der Waals surface area (Å²) in [5, 5.41) is 0.696. The van der Waals surface area contributed by atoms with Crippen LogP contribution in [-0.2, 0) is 0 Å². The Morgan fingerprint density at radius 1 is 0.842 bits per heavy atom. The molecule has 0 aromatic carbocycles. The third-order valence-corrected chi connectivity index (χ3v) is 4.70. The fourth-order valence-electron chi connectivity index (χ4n) is 1.90. The smallest absolute Gasteiger partial charge is 0.0716 e. The third-order valence-electron chi connectivity index (χ3n) is 2.90. The van der Waals surface area contributed by atoms with Crippen molar-refractivity contribution in [2.45, 2.75) is 37.2 Å². The summed E-state index contributed by atoms with van der Waals surface area (Å²) in [6.45, 7) is 4.35. The molecule has 0 fully saturated rings. The van der Waals surface area contributed by atoms with E-state index in [1.165, 1.54) is 0 Å². The number of hydrogen-bond acceptors (Lipinski definition) is 5. The van der Waals surface area contributed by atoms with Crippen LogP contribution in [0.5, 0.6) is 0 Å². The minimum Gasteiger partial charge on any atom is -0.261 e. The second kappa shape index (κ2) is 7.19. The lowest BCUT2D eigenvalue weighted by molar-refractivity contribution is 0.804. The van der Waals surface area contributed by atoms with Crippen LogP contribution in [0.2, 0.25) is 0 Å². The molecule has 2 atom stereocenters. The fourth-order valence-corrected chi connectivity index (χ4v) is 3.21. The zero-order chi connectivity index (χ0) is 13.5. The van der Waals surface area contributed by atoms with Gasteiger partial charge in [-0.25, -0.2) is 0 Å². The largest absolute Gasteiger partial charge is 0.261 e. The van der Waals surface area contributed by atoms with Gasteiger partial charge in [-0.2, -0.15) is 0 Å². The molecule has 2 unspecified atom stereocenters. The molecule has 5 heteroatoms. The Labute approximate surface area is 118 Å². The molecule has 19 heavy (non-hydrogen) atoms. The molecule has 0 saturated heterocycles. The highest BCUT2D eigenvalue weighted by molar-refractivity contribution is 7.99. The molecule has 0 radical (unpaired) electrons. The van der Waals surface area contributed by atoms with E-state index < -0.39 is 0 Å². The van der Waals surface area contributed by atoms with Crippen molar-refractivity contribution < 1.29 is 0 Å². The van der Waals surface area contributed by atoms with Crippen molar-refractivity contribution in [2.75, 3.05) is 0 Å². The van der Waals surface area contributed by atoms with E-state index in [2.05, 4.69) is 33.8 Å². The molecule has 0 spiro atoms. The predicted octanol–water partition coefficient (Wildman–Crippen LogP) is 3.60. The van der Waals surface area contributed by atoms with Crippen LogP contribution in [0.15, 0.2) is 37.2 Å². The first kappa shape index (κ1) is 13.9. The first-order valence-electron chi connectivity index (χ1n) is 6.52. The average molecular weight is 274 g/mol. The average Bonchev–Trinajstić information content (AvgIpc) is 2.50. The van der Waals surface area contributed by atoms with Crippen LogP contribution in [0.1, 0.15) is 48.6 Å². The maximum atomic E-state index is 4.41. The van der Waals surface area contributed by atoms with E-state index in [-0.39, 0.29) is 0 Å². The molecule has 0 aliphatic rings. The minimum absolute atomic E-state index is 0.348. The summed E-state index contributed by atoms with van der Waals surface area (Å²) < 4.78 is 0. The van der Waals surface area contributed by atoms with Crippen LogP contribution in [0.3, 0.4) is 0 Å². The van der Waals surface area contributed by atoms with Gasteiger partial charge in [0.15, 0.2) is 0 Å². The summed E-state index contributed by atoms with van der Waals surface area (Å²) in [6.07, 6.45) is 12.7. The van der Waals surface area contributed by atoms with Crippen LogP contribution in [-0.4, -0.2) is 19.9 Å². The number of thioether (sulfide) groups is 1. The van der Waals surface area contributed by atoms with Crippen LogP contribution >= 0.6 is 11.8 Å². The highest BCUT2D eigenvalue weighted by atomic mass is 32.2. The van der Waals surface area contributed by atoms with Crippen molar-refractivity contribution in [2.24, 2.45) is 0 Å². The summed E-state index contributed by atoms with van der Waals surface area (Å²) in [4.78, 5) is 17.1. The standard InChI is InChI=1S/C14H18N4S/c1-3-13(11-9-15-5-7-17-11)19-14(4-2)12-10-16-6-8-18-12/h5-10,13-14H,3-4H2,1-2H3. The fraction of sp³-hybridized carbons (Fsp3) is 0.429. The Morgan fingerprint density at radius 2 is 1.32 bits per heavy atom. The Hall–Kier alpha value is -1.49. The molecule has 4 nitrogen and oxygen atoms in total. The van der Waals surface area contributed by atoms with Gasteiger partial charge in [0.05, 0.1) is 11.4 Å². The number of nitrogens with zero attached hydrogens (tertiary/aromatic N) is 4. The van der Waals surface area contributed by atoms with E-state index in [1.54, 1.807) is 24.8 Å². The first-order chi connectivity index (χ1) is 9.35. The van der Waals surface area contributed by atoms with E-state index >= 15 is 0 Å². The summed E-state index contributed by atoms with van der Waals surface area (Å²) in [6, 6.07) is 0. The molecule has 0 bridgehead atoms. The van der Waals surface area contributed by atoms with E-state index in [4.69, 9.17) is 0 Å². The molecule has 0 aliphatic carbocycles. The normalized spacial score (nSPS) is 14.0. The van der Waals surface area contributed by atoms with Crippen LogP contribution in [0.25, 0.3) is 0 Å². The Bertz CT molecular complexity index is 432. The highest BCUT2D eigenvalue weighted by Crippen LogP contribution is 2.42. The van der Waals surface area contributed by atoms with Gasteiger partial charge in [0.2, 0.25) is 0 Å². The molecule has 2 rings (SSSR count). The summed E-state index contributed by atoms with van der Waals surface area (Å²) in [5.41, 5.74) is 2.08. The molecule has 2 aromatic rings. The molecular formula is C14H18N4S. The van der Waals surface area contributed by atoms with Crippen LogP contribution in [0, 0.1) is 0 Å². The van der Waals surface area contributed by atoms with Crippen molar-refractivity contribution in [1.29, 1.82) is 0 Å². The van der Waals surface area contributed by atoms with Gasteiger partial charge in [-0.05, 0) is 12.8 Å². The lowest BCUT2D eigenvalue weighted by atomic mass is 10.2. The molecule has 2 aromatic heterocycles. The van der Waals surface area contributed by atoms with Gasteiger partial charge in [0.25, 0.3) is 0 Å². The molecule has 100 valence electrons. The number of aromatic nitrogens is 4. The molecule has 0 aliphatic heterocycles. The monoisotopic (exact) mass is 274 g/mol. The summed E-state index contributed by atoms with van der Waals surface area (Å²) in [5.74, 6) is 0. The van der Waals surface area contributed by atoms with E-state index in [1.807, 2.05) is 24.2 Å². The molecular weight excluding hydrogens is 256 g/mol. The topological polar surface area (TPSA) is 51.6 Å². The summed E-state index contributed by atoms with van der Waals surface area (Å²) >= 11 is 1.89. The van der Waals surface area contributed by atoms with Gasteiger partial charge >= 0.3 is 0 Å². The predicted molar refractivity (Wildman–Crippen MR) is 77.7 cm³/mol. The second-order valence-electron chi connectivity index (χ2n) is 4.19. The van der Waals surface area contributed by atoms with Gasteiger partial charge < -0.3 is 0 Å². The van der Waals surface area contributed by atoms with E-state index in [0.29, 0.717) is 10.5 Å². The summed E-state index contributed by atoms with van der Waals surface area (Å²) in [7, 11) is 0. The van der Waals surface area contributed by atoms with Crippen LogP contribution < -0.4 is 0 Å². The molecule has 0 amide bonds. The molecule has 0 saturated carbocycles. The third kappa shape index (κ3) is 3.73. The van der Waals surface area contributed by atoms with Crippen molar-refractivity contribution in [3.63, 3.8) is 0 Å². The highest BCUT2D eigenvalue weighted by Gasteiger charge is 2.19. The Balaban J connectivity index is 2.13. The lowest BCUT2D eigenvalue weighted by Crippen LogP contribution is -2.03. The number of rotatable bonds is 6. The van der Waals surface area contributed by atoms with Gasteiger partial charge in [-0.1, -0.05) is 13.8 Å². The Morgan fingerprint density at radius 3 is 1.63 bits per heavy atom. The van der Waals surface area contributed by atoms with Gasteiger partial charge in [-0.15, -0.1) is 11.8 Å². The zero-order valence-corrected chi connectivity index (χ0v) is 12.0. The minimum atomic E-state index is 0.348. The number of hydrogen-bond donors (Lipinski definition) is 0. The van der Waals surface area contributed by atoms with E-state index in [9.17, 15) is 0 Å². The van der Waals surface area contributed by atoms with Crippen molar-refractivity contribution >= 4 is 11.8 Å². The Kier molecular flexibility index (Phi) is 5.27. The quantitative estimate of drug-likeness (QED) is 0.805. The van der Waals surface area contributed by atoms with Gasteiger partial charge in [0, 0.05) is 47.7 Å². The SMILES string of the molecule is CCC(SC(CC)c1cnccn1)c1cnccn1. The van der Waals surface area contributed by atoms with Gasteiger partial charge in [-0.3, -0.25) is 19.9 Å². The first-order valence-corrected chi connectivity index (χ1v) is 7.46. The molecule has 2 heterocycles. The van der Waals surface area contributed by atoms with Gasteiger partial charge in [0.1, 0.15) is 0 Å². The maximum Gasteiger partial charge on any atom is 0.0716 e. The lowest BCUT2D eigenvalue weighted by Gasteiger charge is -2.20. The zero-order valence-electron chi connectivity index (χ0n) is 11.2. The van der Waals surface area contributed by atoms with Crippen LogP contribution in [0.4, 0.5) is 0 Å². The molecule has 0 N–H and O–H groups in total. The second-order valence-corrected chi connectivity index (χ2v) is 5.60. The van der Waals surface area contributed by atoms with Crippen molar-refractivity contribution in [3.05, 3.63) is 48.6 Å². The van der Waals surface area contributed by atoms with Crippen molar-refractivity contribution in [3.8, 4) is 0 Å². The maximum absolute atomic E-state index is 4.41.